The number of fused-ring (bicyclic) bond motifs is 3. The lowest BCUT2D eigenvalue weighted by Crippen LogP contribution is -2.58. The van der Waals surface area contributed by atoms with Crippen molar-refractivity contribution in [2.45, 2.75) is 63.3 Å². The van der Waals surface area contributed by atoms with Gasteiger partial charge < -0.3 is 30.7 Å². The highest BCUT2D eigenvalue weighted by atomic mass is 16.2. The number of carbonyl (C=O) groups excluding carboxylic acids is 4. The highest BCUT2D eigenvalue weighted by Crippen LogP contribution is 2.31. The Bertz CT molecular complexity index is 1930. The van der Waals surface area contributed by atoms with Crippen LogP contribution in [0.15, 0.2) is 72.9 Å². The molecule has 2 saturated heterocycles. The van der Waals surface area contributed by atoms with Gasteiger partial charge in [-0.3, -0.25) is 14.8 Å². The van der Waals surface area contributed by atoms with Crippen molar-refractivity contribution in [2.75, 3.05) is 36.4 Å². The van der Waals surface area contributed by atoms with E-state index in [9.17, 15) is 19.2 Å². The first-order chi connectivity index (χ1) is 24.4. The van der Waals surface area contributed by atoms with Crippen LogP contribution in [0.2, 0.25) is 0 Å². The number of anilines is 2. The number of H-pyrrole nitrogens is 1. The fourth-order valence-electron chi connectivity index (χ4n) is 7.88. The average molecular weight is 676 g/mol. The van der Waals surface area contributed by atoms with Crippen LogP contribution in [0.1, 0.15) is 42.4 Å². The molecule has 0 saturated carbocycles. The number of likely N-dealkylation sites (tertiary alicyclic amines) is 2. The Morgan fingerprint density at radius 2 is 1.56 bits per heavy atom. The van der Waals surface area contributed by atoms with Crippen LogP contribution in [0.3, 0.4) is 0 Å². The molecule has 0 aliphatic carbocycles. The number of para-hydroxylation sites is 2. The zero-order valence-corrected chi connectivity index (χ0v) is 27.8. The van der Waals surface area contributed by atoms with Crippen molar-refractivity contribution in [3.63, 3.8) is 0 Å². The maximum Gasteiger partial charge on any atom is 0.322 e. The van der Waals surface area contributed by atoms with Gasteiger partial charge in [0, 0.05) is 68.8 Å². The van der Waals surface area contributed by atoms with E-state index < -0.39 is 6.04 Å². The van der Waals surface area contributed by atoms with Gasteiger partial charge in [0.1, 0.15) is 6.04 Å². The molecular formula is C37H41N9O4. The summed E-state index contributed by atoms with van der Waals surface area (Å²) in [5, 5.41) is 17.1. The predicted molar refractivity (Wildman–Crippen MR) is 188 cm³/mol. The van der Waals surface area contributed by atoms with E-state index in [0.29, 0.717) is 71.4 Å². The Hall–Kier alpha value is -5.59. The van der Waals surface area contributed by atoms with Crippen molar-refractivity contribution in [1.29, 1.82) is 0 Å². The third kappa shape index (κ3) is 6.19. The summed E-state index contributed by atoms with van der Waals surface area (Å²) in [6.45, 7) is 2.98. The standard InChI is InChI=1S/C37H41N9O4/c47-34(43-15-13-29(14-16-43)46-33-8-4-2-5-25(33)21-38-35(46)48)32(20-24-9-10-31-27(19-24)22-39-42-31)41-36(49)44-17-11-28(12-18-44)45-23-26-6-1-3-7-30(26)40-37(45)50/h1-10,19,22,28-29,32H,11-18,20-21,23H2,(H,38,48)(H,39,42)(H,40,50)(H,41,49). The van der Waals surface area contributed by atoms with Crippen molar-refractivity contribution in [2.24, 2.45) is 0 Å². The zero-order chi connectivity index (χ0) is 34.2. The topological polar surface area (TPSA) is 146 Å². The van der Waals surface area contributed by atoms with Gasteiger partial charge in [0.05, 0.1) is 17.4 Å². The number of hydrogen-bond acceptors (Lipinski definition) is 5. The first-order valence-electron chi connectivity index (χ1n) is 17.5. The molecule has 1 atom stereocenters. The maximum atomic E-state index is 14.2. The molecule has 50 heavy (non-hydrogen) atoms. The van der Waals surface area contributed by atoms with E-state index in [1.54, 1.807) is 11.1 Å². The van der Waals surface area contributed by atoms with Crippen molar-refractivity contribution >= 4 is 46.3 Å². The van der Waals surface area contributed by atoms with Crippen molar-refractivity contribution in [3.8, 4) is 0 Å². The lowest BCUT2D eigenvalue weighted by atomic mass is 9.98. The lowest BCUT2D eigenvalue weighted by molar-refractivity contribution is -0.134. The van der Waals surface area contributed by atoms with Crippen LogP contribution in [-0.4, -0.2) is 93.2 Å². The molecule has 13 heteroatoms. The van der Waals surface area contributed by atoms with Crippen molar-refractivity contribution in [1.82, 2.24) is 35.5 Å². The quantitative estimate of drug-likeness (QED) is 0.239. The summed E-state index contributed by atoms with van der Waals surface area (Å²) in [6.07, 6.45) is 4.66. The van der Waals surface area contributed by atoms with Crippen LogP contribution in [-0.2, 0) is 24.3 Å². The van der Waals surface area contributed by atoms with Gasteiger partial charge in [0.2, 0.25) is 5.91 Å². The van der Waals surface area contributed by atoms with Gasteiger partial charge in [-0.15, -0.1) is 0 Å². The highest BCUT2D eigenvalue weighted by molar-refractivity contribution is 5.96. The molecule has 0 bridgehead atoms. The second kappa shape index (κ2) is 13.4. The molecule has 5 heterocycles. The molecule has 0 spiro atoms. The summed E-state index contributed by atoms with van der Waals surface area (Å²) >= 11 is 0. The number of urea groups is 3. The van der Waals surface area contributed by atoms with Gasteiger partial charge in [0.25, 0.3) is 0 Å². The Labute approximate surface area is 290 Å². The number of piperidine rings is 2. The molecule has 4 aliphatic rings. The summed E-state index contributed by atoms with van der Waals surface area (Å²) in [5.41, 5.74) is 5.76. The molecule has 7 amide bonds. The smallest absolute Gasteiger partial charge is 0.322 e. The van der Waals surface area contributed by atoms with Crippen LogP contribution in [0.25, 0.3) is 10.9 Å². The molecule has 258 valence electrons. The first-order valence-corrected chi connectivity index (χ1v) is 17.5. The third-order valence-corrected chi connectivity index (χ3v) is 10.6. The predicted octanol–water partition coefficient (Wildman–Crippen LogP) is 4.42. The number of nitrogens with zero attached hydrogens (tertiary/aromatic N) is 5. The zero-order valence-electron chi connectivity index (χ0n) is 27.8. The Balaban J connectivity index is 0.934. The third-order valence-electron chi connectivity index (χ3n) is 10.6. The van der Waals surface area contributed by atoms with Gasteiger partial charge in [-0.25, -0.2) is 14.4 Å². The van der Waals surface area contributed by atoms with Crippen LogP contribution in [0, 0.1) is 0 Å². The maximum absolute atomic E-state index is 14.2. The minimum absolute atomic E-state index is 0.0155. The second-order valence-corrected chi connectivity index (χ2v) is 13.6. The minimum Gasteiger partial charge on any atom is -0.341 e. The summed E-state index contributed by atoms with van der Waals surface area (Å²) in [4.78, 5) is 61.1. The van der Waals surface area contributed by atoms with Crippen LogP contribution < -0.4 is 20.9 Å². The van der Waals surface area contributed by atoms with Crippen LogP contribution >= 0.6 is 0 Å². The Morgan fingerprint density at radius 3 is 2.38 bits per heavy atom. The molecule has 0 radical (unpaired) electrons. The molecule has 13 nitrogen and oxygen atoms in total. The Morgan fingerprint density at radius 1 is 0.840 bits per heavy atom. The van der Waals surface area contributed by atoms with Gasteiger partial charge in [-0.2, -0.15) is 5.10 Å². The van der Waals surface area contributed by atoms with E-state index in [4.69, 9.17) is 0 Å². The van der Waals surface area contributed by atoms with Crippen LogP contribution in [0.5, 0.6) is 0 Å². The fourth-order valence-corrected chi connectivity index (χ4v) is 7.88. The van der Waals surface area contributed by atoms with Crippen molar-refractivity contribution in [3.05, 3.63) is 89.6 Å². The lowest BCUT2D eigenvalue weighted by Gasteiger charge is -2.42. The van der Waals surface area contributed by atoms with Gasteiger partial charge in [0.15, 0.2) is 0 Å². The van der Waals surface area contributed by atoms with E-state index in [2.05, 4.69) is 26.1 Å². The van der Waals surface area contributed by atoms with Crippen LogP contribution in [0.4, 0.5) is 25.8 Å². The number of rotatable bonds is 6. The molecule has 1 aromatic heterocycles. The summed E-state index contributed by atoms with van der Waals surface area (Å²) in [7, 11) is 0. The largest absolute Gasteiger partial charge is 0.341 e. The number of benzene rings is 3. The summed E-state index contributed by atoms with van der Waals surface area (Å²) < 4.78 is 0. The molecule has 4 aliphatic heterocycles. The number of nitrogens with one attached hydrogen (secondary N) is 4. The highest BCUT2D eigenvalue weighted by Gasteiger charge is 2.37. The molecule has 2 fully saturated rings. The molecule has 4 aromatic rings. The summed E-state index contributed by atoms with van der Waals surface area (Å²) in [5.74, 6) is -0.133. The molecular weight excluding hydrogens is 634 g/mol. The molecule has 8 rings (SSSR count). The SMILES string of the molecule is O=C(NC(Cc1ccc2[nH]ncc2c1)C(=O)N1CCC(N2C(=O)NCc3ccccc32)CC1)N1CCC(N2Cc3ccccc3NC2=O)CC1. The van der Waals surface area contributed by atoms with Gasteiger partial charge >= 0.3 is 18.1 Å². The van der Waals surface area contributed by atoms with E-state index >= 15 is 0 Å². The summed E-state index contributed by atoms with van der Waals surface area (Å²) in [6, 6.07) is 20.4. The monoisotopic (exact) mass is 675 g/mol. The van der Waals surface area contributed by atoms with Gasteiger partial charge in [-0.05, 0) is 66.6 Å². The minimum atomic E-state index is -0.774. The number of hydrogen-bond donors (Lipinski definition) is 4. The van der Waals surface area contributed by atoms with E-state index in [0.717, 1.165) is 39.0 Å². The molecule has 3 aromatic carbocycles. The number of aromatic amines is 1. The van der Waals surface area contributed by atoms with Gasteiger partial charge in [-0.1, -0.05) is 42.5 Å². The second-order valence-electron chi connectivity index (χ2n) is 13.6. The van der Waals surface area contributed by atoms with E-state index in [1.807, 2.05) is 81.4 Å². The fraction of sp³-hybridized carbons (Fsp3) is 0.378. The average Bonchev–Trinajstić information content (AvgIpc) is 3.62. The Kier molecular flexibility index (Phi) is 8.47. The van der Waals surface area contributed by atoms with E-state index in [1.165, 1.54) is 0 Å². The first kappa shape index (κ1) is 31.7. The number of amides is 7. The molecule has 1 unspecified atom stereocenters. The normalized spacial score (nSPS) is 19.0. The number of aromatic nitrogens is 2. The molecule has 4 N–H and O–H groups in total. The van der Waals surface area contributed by atoms with E-state index in [-0.39, 0.29) is 36.1 Å². The van der Waals surface area contributed by atoms with Crippen molar-refractivity contribution < 1.29 is 19.2 Å². The number of carbonyl (C=O) groups is 4.